The summed E-state index contributed by atoms with van der Waals surface area (Å²) in [6.07, 6.45) is 2.28. The average Bonchev–Trinajstić information content (AvgIpc) is 2.99. The van der Waals surface area contributed by atoms with Gasteiger partial charge in [0.15, 0.2) is 11.5 Å². The highest BCUT2D eigenvalue weighted by Crippen LogP contribution is 2.28. The van der Waals surface area contributed by atoms with E-state index in [4.69, 9.17) is 19.9 Å². The topological polar surface area (TPSA) is 74.0 Å². The molecule has 0 bridgehead atoms. The highest BCUT2D eigenvalue weighted by molar-refractivity contribution is 5.75. The summed E-state index contributed by atoms with van der Waals surface area (Å²) < 4.78 is 16.2. The molecule has 2 rings (SSSR count). The Bertz CT molecular complexity index is 501. The Kier molecular flexibility index (Phi) is 6.03. The number of amides is 1. The number of carbonyl (C=O) groups excluding carboxylic acids is 1. The van der Waals surface area contributed by atoms with Gasteiger partial charge in [0.2, 0.25) is 5.91 Å². The average molecular weight is 308 g/mol. The number of carbonyl (C=O) groups is 1. The maximum Gasteiger partial charge on any atom is 0.231 e. The van der Waals surface area contributed by atoms with E-state index >= 15 is 0 Å². The van der Waals surface area contributed by atoms with Gasteiger partial charge in [-0.05, 0) is 30.5 Å². The predicted octanol–water partition coefficient (Wildman–Crippen LogP) is 1.17. The SMILES string of the molecule is COc1ccc(CN(CC(N)=O)C[C@H]2CCCO2)cc1OC. The van der Waals surface area contributed by atoms with Crippen LogP contribution < -0.4 is 15.2 Å². The molecule has 1 saturated heterocycles. The maximum atomic E-state index is 11.3. The smallest absolute Gasteiger partial charge is 0.231 e. The Morgan fingerprint density at radius 2 is 2.14 bits per heavy atom. The number of rotatable bonds is 8. The van der Waals surface area contributed by atoms with Gasteiger partial charge in [-0.1, -0.05) is 6.07 Å². The largest absolute Gasteiger partial charge is 0.493 e. The molecule has 22 heavy (non-hydrogen) atoms. The summed E-state index contributed by atoms with van der Waals surface area (Å²) in [7, 11) is 3.21. The molecule has 6 nitrogen and oxygen atoms in total. The molecule has 1 atom stereocenters. The van der Waals surface area contributed by atoms with Crippen molar-refractivity contribution in [1.82, 2.24) is 4.90 Å². The van der Waals surface area contributed by atoms with Crippen LogP contribution in [0.4, 0.5) is 0 Å². The van der Waals surface area contributed by atoms with Gasteiger partial charge < -0.3 is 19.9 Å². The molecule has 0 spiro atoms. The van der Waals surface area contributed by atoms with Crippen molar-refractivity contribution in [3.8, 4) is 11.5 Å². The van der Waals surface area contributed by atoms with Crippen LogP contribution >= 0.6 is 0 Å². The van der Waals surface area contributed by atoms with Crippen molar-refractivity contribution in [2.45, 2.75) is 25.5 Å². The molecule has 0 radical (unpaired) electrons. The third-order valence-electron chi connectivity index (χ3n) is 3.72. The zero-order chi connectivity index (χ0) is 15.9. The van der Waals surface area contributed by atoms with Crippen LogP contribution in [0.1, 0.15) is 18.4 Å². The van der Waals surface area contributed by atoms with Crippen molar-refractivity contribution in [3.63, 3.8) is 0 Å². The normalized spacial score (nSPS) is 17.7. The van der Waals surface area contributed by atoms with Gasteiger partial charge in [-0.2, -0.15) is 0 Å². The van der Waals surface area contributed by atoms with Gasteiger partial charge in [0, 0.05) is 19.7 Å². The van der Waals surface area contributed by atoms with E-state index in [2.05, 4.69) is 0 Å². The fraction of sp³-hybridized carbons (Fsp3) is 0.562. The maximum absolute atomic E-state index is 11.3. The van der Waals surface area contributed by atoms with E-state index in [0.29, 0.717) is 24.6 Å². The van der Waals surface area contributed by atoms with Crippen LogP contribution in [-0.2, 0) is 16.1 Å². The van der Waals surface area contributed by atoms with E-state index in [1.54, 1.807) is 14.2 Å². The molecule has 1 heterocycles. The third-order valence-corrected chi connectivity index (χ3v) is 3.72. The molecule has 0 saturated carbocycles. The van der Waals surface area contributed by atoms with Crippen molar-refractivity contribution in [1.29, 1.82) is 0 Å². The molecule has 0 unspecified atom stereocenters. The minimum absolute atomic E-state index is 0.180. The standard InChI is InChI=1S/C16H24N2O4/c1-20-14-6-5-12(8-15(14)21-2)9-18(11-16(17)19)10-13-4-3-7-22-13/h5-6,8,13H,3-4,7,9-11H2,1-2H3,(H2,17,19)/t13-/m1/s1. The third kappa shape index (κ3) is 4.61. The molecule has 1 amide bonds. The zero-order valence-electron chi connectivity index (χ0n) is 13.2. The van der Waals surface area contributed by atoms with Crippen LogP contribution in [0.5, 0.6) is 11.5 Å². The molecule has 0 aromatic heterocycles. The number of benzene rings is 1. The summed E-state index contributed by atoms with van der Waals surface area (Å²) in [5, 5.41) is 0. The van der Waals surface area contributed by atoms with Crippen molar-refractivity contribution in [2.75, 3.05) is 33.9 Å². The highest BCUT2D eigenvalue weighted by atomic mass is 16.5. The summed E-state index contributed by atoms with van der Waals surface area (Å²) in [6.45, 7) is 2.33. The lowest BCUT2D eigenvalue weighted by atomic mass is 10.1. The van der Waals surface area contributed by atoms with Gasteiger partial charge >= 0.3 is 0 Å². The van der Waals surface area contributed by atoms with E-state index in [-0.39, 0.29) is 18.6 Å². The van der Waals surface area contributed by atoms with Gasteiger partial charge in [0.25, 0.3) is 0 Å². The molecule has 2 N–H and O–H groups in total. The fourth-order valence-corrected chi connectivity index (χ4v) is 2.72. The van der Waals surface area contributed by atoms with Gasteiger partial charge in [-0.25, -0.2) is 0 Å². The molecule has 0 aliphatic carbocycles. The number of methoxy groups -OCH3 is 2. The van der Waals surface area contributed by atoms with Gasteiger partial charge in [-0.15, -0.1) is 0 Å². The first-order valence-electron chi connectivity index (χ1n) is 7.45. The summed E-state index contributed by atoms with van der Waals surface area (Å²) in [5.74, 6) is 1.03. The molecule has 1 aromatic carbocycles. The van der Waals surface area contributed by atoms with E-state index in [0.717, 1.165) is 25.0 Å². The monoisotopic (exact) mass is 308 g/mol. The summed E-state index contributed by atoms with van der Waals surface area (Å²) in [5.41, 5.74) is 6.40. The molecule has 1 aliphatic rings. The Morgan fingerprint density at radius 1 is 1.36 bits per heavy atom. The number of nitrogens with two attached hydrogens (primary N) is 1. The van der Waals surface area contributed by atoms with Crippen LogP contribution in [0, 0.1) is 0 Å². The number of nitrogens with zero attached hydrogens (tertiary/aromatic N) is 1. The first-order valence-corrected chi connectivity index (χ1v) is 7.45. The van der Waals surface area contributed by atoms with Crippen molar-refractivity contribution in [3.05, 3.63) is 23.8 Å². The first kappa shape index (κ1) is 16.6. The van der Waals surface area contributed by atoms with Crippen LogP contribution in [0.25, 0.3) is 0 Å². The lowest BCUT2D eigenvalue weighted by molar-refractivity contribution is -0.119. The highest BCUT2D eigenvalue weighted by Gasteiger charge is 2.20. The number of hydrogen-bond acceptors (Lipinski definition) is 5. The number of hydrogen-bond donors (Lipinski definition) is 1. The number of primary amides is 1. The fourth-order valence-electron chi connectivity index (χ4n) is 2.72. The Morgan fingerprint density at radius 3 is 2.73 bits per heavy atom. The lowest BCUT2D eigenvalue weighted by Crippen LogP contribution is -2.38. The van der Waals surface area contributed by atoms with Gasteiger partial charge in [-0.3, -0.25) is 9.69 Å². The second kappa shape index (κ2) is 8.00. The lowest BCUT2D eigenvalue weighted by Gasteiger charge is -2.24. The molecular formula is C16H24N2O4. The quantitative estimate of drug-likeness (QED) is 0.780. The van der Waals surface area contributed by atoms with E-state index in [9.17, 15) is 4.79 Å². The first-order chi connectivity index (χ1) is 10.6. The second-order valence-corrected chi connectivity index (χ2v) is 5.46. The molecule has 1 fully saturated rings. The van der Waals surface area contributed by atoms with E-state index in [1.807, 2.05) is 23.1 Å². The van der Waals surface area contributed by atoms with E-state index < -0.39 is 0 Å². The molecule has 122 valence electrons. The van der Waals surface area contributed by atoms with Crippen molar-refractivity contribution < 1.29 is 19.0 Å². The minimum Gasteiger partial charge on any atom is -0.493 e. The Balaban J connectivity index is 2.06. The van der Waals surface area contributed by atoms with Crippen molar-refractivity contribution in [2.24, 2.45) is 5.73 Å². The molecule has 1 aromatic rings. The zero-order valence-corrected chi connectivity index (χ0v) is 13.2. The van der Waals surface area contributed by atoms with Crippen LogP contribution in [0.3, 0.4) is 0 Å². The van der Waals surface area contributed by atoms with E-state index in [1.165, 1.54) is 0 Å². The summed E-state index contributed by atoms with van der Waals surface area (Å²) in [4.78, 5) is 13.3. The van der Waals surface area contributed by atoms with Crippen LogP contribution in [-0.4, -0.2) is 50.8 Å². The van der Waals surface area contributed by atoms with Crippen LogP contribution in [0.2, 0.25) is 0 Å². The second-order valence-electron chi connectivity index (χ2n) is 5.46. The number of ether oxygens (including phenoxy) is 3. The molecular weight excluding hydrogens is 284 g/mol. The predicted molar refractivity (Wildman–Crippen MR) is 83.0 cm³/mol. The summed E-state index contributed by atoms with van der Waals surface area (Å²) in [6, 6.07) is 5.75. The molecule has 6 heteroatoms. The van der Waals surface area contributed by atoms with Crippen molar-refractivity contribution >= 4 is 5.91 Å². The van der Waals surface area contributed by atoms with Gasteiger partial charge in [0.05, 0.1) is 26.9 Å². The minimum atomic E-state index is -0.335. The Labute approximate surface area is 131 Å². The Hall–Kier alpha value is -1.79. The summed E-state index contributed by atoms with van der Waals surface area (Å²) >= 11 is 0. The molecule has 1 aliphatic heterocycles. The van der Waals surface area contributed by atoms with Crippen LogP contribution in [0.15, 0.2) is 18.2 Å². The van der Waals surface area contributed by atoms with Gasteiger partial charge in [0.1, 0.15) is 0 Å².